The van der Waals surface area contributed by atoms with Crippen LogP contribution in [0.15, 0.2) is 0 Å². The first-order chi connectivity index (χ1) is 15.6. The number of quaternary nitrogens is 1. The van der Waals surface area contributed by atoms with Crippen LogP contribution in [0.25, 0.3) is 0 Å². The molecule has 0 aromatic carbocycles. The third kappa shape index (κ3) is 12.0. The van der Waals surface area contributed by atoms with Gasteiger partial charge in [0.1, 0.15) is 13.1 Å². The van der Waals surface area contributed by atoms with Gasteiger partial charge in [-0.15, -0.1) is 0 Å². The molecule has 32 heavy (non-hydrogen) atoms. The molecule has 0 atom stereocenters. The van der Waals surface area contributed by atoms with Crippen molar-refractivity contribution >= 4 is 12.3 Å². The first kappa shape index (κ1) is 25.4. The van der Waals surface area contributed by atoms with E-state index in [1.807, 2.05) is 0 Å². The number of aliphatic hydroxyl groups is 1. The van der Waals surface area contributed by atoms with Crippen LogP contribution in [-0.2, 0) is 9.59 Å². The molecular weight excluding hydrogens is 402 g/mol. The summed E-state index contributed by atoms with van der Waals surface area (Å²) in [5.41, 5.74) is 0. The van der Waals surface area contributed by atoms with E-state index in [9.17, 15) is 14.7 Å². The highest BCUT2D eigenvalue weighted by atomic mass is 16.3. The minimum absolute atomic E-state index is 0.339. The number of aliphatic hydroxyl groups excluding tert-OH is 1. The Morgan fingerprint density at radius 2 is 1.31 bits per heavy atom. The molecule has 6 nitrogen and oxygen atoms in total. The number of likely N-dealkylation sites (tertiary alicyclic amines) is 1. The molecule has 0 radical (unpaired) electrons. The molecule has 1 aliphatic rings. The van der Waals surface area contributed by atoms with Gasteiger partial charge >= 0.3 is 0 Å². The Bertz CT molecular complexity index is 1200. The quantitative estimate of drug-likeness (QED) is 0.194. The standard InChI is InChI=1S/C26H19N3O3/c1-2-3-4-5-6-7-8-9-10-11-12-13-14-15-16-17-26(32)28-19-21-29(20-18-27-24-30)22-25(31)23-29/h24-25,31H,18-23H2,1H3,(H-,27,28,30,32)/p+1. The minimum atomic E-state index is -0.444. The molecule has 1 rings (SSSR count). The molecule has 1 aliphatic heterocycles. The third-order valence-electron chi connectivity index (χ3n) is 4.00. The molecule has 0 spiro atoms. The molecule has 6 heteroatoms. The van der Waals surface area contributed by atoms with Crippen molar-refractivity contribution in [3.05, 3.63) is 0 Å². The predicted octanol–water partition coefficient (Wildman–Crippen LogP) is -1.91. The molecule has 156 valence electrons. The Kier molecular flexibility index (Phi) is 12.8. The van der Waals surface area contributed by atoms with Gasteiger partial charge in [-0.25, -0.2) is 0 Å². The molecule has 1 saturated heterocycles. The Labute approximate surface area is 189 Å². The molecule has 0 aliphatic carbocycles. The summed E-state index contributed by atoms with van der Waals surface area (Å²) in [6.07, 6.45) is 0.310. The van der Waals surface area contributed by atoms with E-state index in [1.54, 1.807) is 6.92 Å². The topological polar surface area (TPSA) is 78.4 Å². The lowest BCUT2D eigenvalue weighted by molar-refractivity contribution is -0.970. The van der Waals surface area contributed by atoms with Crippen LogP contribution in [0.1, 0.15) is 6.92 Å². The Hall–Kier alpha value is -4.66. The highest BCUT2D eigenvalue weighted by Crippen LogP contribution is 2.19. The van der Waals surface area contributed by atoms with Crippen molar-refractivity contribution in [1.82, 2.24) is 10.6 Å². The fourth-order valence-electron chi connectivity index (χ4n) is 2.65. The zero-order valence-electron chi connectivity index (χ0n) is 17.6. The summed E-state index contributed by atoms with van der Waals surface area (Å²) in [5, 5.41) is 14.9. The van der Waals surface area contributed by atoms with E-state index >= 15 is 0 Å². The van der Waals surface area contributed by atoms with Crippen molar-refractivity contribution in [3.63, 3.8) is 0 Å². The summed E-state index contributed by atoms with van der Waals surface area (Å²) in [7, 11) is 0. The van der Waals surface area contributed by atoms with Crippen LogP contribution in [0, 0.1) is 94.7 Å². The monoisotopic (exact) mass is 422 g/mol. The predicted molar refractivity (Wildman–Crippen MR) is 121 cm³/mol. The van der Waals surface area contributed by atoms with E-state index in [4.69, 9.17) is 0 Å². The van der Waals surface area contributed by atoms with E-state index in [2.05, 4.69) is 105 Å². The third-order valence-corrected chi connectivity index (χ3v) is 4.00. The summed E-state index contributed by atoms with van der Waals surface area (Å²) < 4.78 is 0.644. The number of hydrogen-bond donors (Lipinski definition) is 3. The zero-order valence-corrected chi connectivity index (χ0v) is 17.6. The normalized spacial score (nSPS) is 16.0. The molecule has 3 N–H and O–H groups in total. The van der Waals surface area contributed by atoms with Gasteiger partial charge in [-0.05, 0) is 89.8 Å². The van der Waals surface area contributed by atoms with Crippen molar-refractivity contribution in [2.45, 2.75) is 13.0 Å². The number of nitrogens with zero attached hydrogens (tertiary/aromatic N) is 1. The Balaban J connectivity index is 2.36. The highest BCUT2D eigenvalue weighted by Gasteiger charge is 2.42. The molecule has 0 unspecified atom stereocenters. The maximum atomic E-state index is 11.7. The first-order valence-electron chi connectivity index (χ1n) is 9.53. The number of amides is 2. The second kappa shape index (κ2) is 16.2. The van der Waals surface area contributed by atoms with Crippen molar-refractivity contribution in [1.29, 1.82) is 0 Å². The van der Waals surface area contributed by atoms with E-state index in [0.29, 0.717) is 50.2 Å². The number of carbonyl (C=O) groups excluding carboxylic acids is 2. The largest absolute Gasteiger partial charge is 0.382 e. The van der Waals surface area contributed by atoms with Crippen LogP contribution >= 0.6 is 0 Å². The van der Waals surface area contributed by atoms with Gasteiger partial charge in [0, 0.05) is 5.92 Å². The lowest BCUT2D eigenvalue weighted by Crippen LogP contribution is -2.69. The molecular formula is C26H20N3O3+. The maximum absolute atomic E-state index is 11.7. The van der Waals surface area contributed by atoms with Crippen LogP contribution in [0.5, 0.6) is 0 Å². The van der Waals surface area contributed by atoms with Gasteiger partial charge in [0.2, 0.25) is 6.41 Å². The molecule has 0 saturated carbocycles. The smallest absolute Gasteiger partial charge is 0.297 e. The second-order valence-electron chi connectivity index (χ2n) is 6.26. The molecule has 0 aromatic rings. The lowest BCUT2D eigenvalue weighted by Gasteiger charge is -2.48. The Morgan fingerprint density at radius 1 is 0.844 bits per heavy atom. The SMILES string of the molecule is CC#CC#CC#CC#CC#CC#CC#CC#CC(=O)NCC[N+]1(CCNC=O)CC(O)C1. The van der Waals surface area contributed by atoms with E-state index in [0.717, 1.165) is 0 Å². The van der Waals surface area contributed by atoms with Crippen molar-refractivity contribution in [2.24, 2.45) is 0 Å². The Morgan fingerprint density at radius 3 is 1.78 bits per heavy atom. The fourth-order valence-corrected chi connectivity index (χ4v) is 2.65. The van der Waals surface area contributed by atoms with Crippen LogP contribution in [0.4, 0.5) is 0 Å². The summed E-state index contributed by atoms with van der Waals surface area (Å²) in [6.45, 7) is 5.19. The molecule has 0 bridgehead atoms. The summed E-state index contributed by atoms with van der Waals surface area (Å²) in [4.78, 5) is 22.1. The van der Waals surface area contributed by atoms with Gasteiger partial charge in [0.25, 0.3) is 5.91 Å². The van der Waals surface area contributed by atoms with Gasteiger partial charge < -0.3 is 20.2 Å². The average molecular weight is 422 g/mol. The van der Waals surface area contributed by atoms with E-state index < -0.39 is 5.91 Å². The van der Waals surface area contributed by atoms with Crippen LogP contribution < -0.4 is 10.6 Å². The van der Waals surface area contributed by atoms with Gasteiger partial charge in [0.05, 0.1) is 26.2 Å². The van der Waals surface area contributed by atoms with Gasteiger partial charge in [-0.3, -0.25) is 9.59 Å². The lowest BCUT2D eigenvalue weighted by atomic mass is 10.1. The summed E-state index contributed by atoms with van der Waals surface area (Å²) in [6, 6.07) is 0. The fraction of sp³-hybridized carbons (Fsp3) is 0.308. The van der Waals surface area contributed by atoms with Gasteiger partial charge in [-0.2, -0.15) is 0 Å². The van der Waals surface area contributed by atoms with E-state index in [-0.39, 0.29) is 6.10 Å². The van der Waals surface area contributed by atoms with Crippen molar-refractivity contribution in [2.75, 3.05) is 39.3 Å². The number of nitrogens with one attached hydrogen (secondary N) is 2. The van der Waals surface area contributed by atoms with Crippen LogP contribution in [0.2, 0.25) is 0 Å². The molecule has 2 amide bonds. The number of carbonyl (C=O) groups is 2. The molecule has 0 aromatic heterocycles. The first-order valence-corrected chi connectivity index (χ1v) is 9.53. The van der Waals surface area contributed by atoms with Crippen LogP contribution in [0.3, 0.4) is 0 Å². The molecule has 1 fully saturated rings. The van der Waals surface area contributed by atoms with Gasteiger partial charge in [0.15, 0.2) is 6.10 Å². The van der Waals surface area contributed by atoms with Crippen LogP contribution in [-0.4, -0.2) is 67.3 Å². The van der Waals surface area contributed by atoms with E-state index in [1.165, 1.54) is 0 Å². The highest BCUT2D eigenvalue weighted by molar-refractivity contribution is 5.94. The number of hydrogen-bond acceptors (Lipinski definition) is 3. The maximum Gasteiger partial charge on any atom is 0.297 e. The van der Waals surface area contributed by atoms with Gasteiger partial charge in [-0.1, -0.05) is 5.92 Å². The summed E-state index contributed by atoms with van der Waals surface area (Å²) >= 11 is 0. The van der Waals surface area contributed by atoms with Crippen molar-refractivity contribution < 1.29 is 19.2 Å². The second-order valence-corrected chi connectivity index (χ2v) is 6.26. The van der Waals surface area contributed by atoms with Crippen molar-refractivity contribution in [3.8, 4) is 94.7 Å². The number of rotatable bonds is 7. The zero-order chi connectivity index (χ0) is 23.3. The average Bonchev–Trinajstić information content (AvgIpc) is 2.75. The minimum Gasteiger partial charge on any atom is -0.382 e. The molecule has 1 heterocycles. The summed E-state index contributed by atoms with van der Waals surface area (Å²) in [5.74, 6) is 39.4.